The Balaban J connectivity index is 1.50. The second-order valence-corrected chi connectivity index (χ2v) is 8.18. The Hall–Kier alpha value is -3.35. The number of carbonyl (C=O) groups excluding carboxylic acids is 1. The summed E-state index contributed by atoms with van der Waals surface area (Å²) in [5.41, 5.74) is 2.72. The van der Waals surface area contributed by atoms with E-state index in [1.807, 2.05) is 53.4 Å². The van der Waals surface area contributed by atoms with Crippen molar-refractivity contribution < 1.29 is 19.4 Å². The molecule has 0 radical (unpaired) electrons. The molecule has 0 spiro atoms. The number of carboxylic acid groups (broad SMARTS) is 1. The summed E-state index contributed by atoms with van der Waals surface area (Å²) in [6.45, 7) is 1.14. The summed E-state index contributed by atoms with van der Waals surface area (Å²) in [6.07, 6.45) is 1.76. The molecule has 7 nitrogen and oxygen atoms in total. The molecular weight excluding hydrogens is 394 g/mol. The van der Waals surface area contributed by atoms with Crippen molar-refractivity contribution in [2.45, 2.75) is 25.7 Å². The minimum Gasteiger partial charge on any atom is -0.497 e. The number of imidazole rings is 1. The molecule has 4 rings (SSSR count). The summed E-state index contributed by atoms with van der Waals surface area (Å²) in [4.78, 5) is 34.2. The summed E-state index contributed by atoms with van der Waals surface area (Å²) >= 11 is 0. The van der Waals surface area contributed by atoms with Gasteiger partial charge in [-0.2, -0.15) is 0 Å². The molecule has 3 aromatic rings. The molecular formula is C24H27N3O4. The lowest BCUT2D eigenvalue weighted by Crippen LogP contribution is -2.45. The first kappa shape index (κ1) is 20.9. The number of H-pyrrole nitrogens is 1. The predicted molar refractivity (Wildman–Crippen MR) is 117 cm³/mol. The number of fused-ring (bicyclic) bond motifs is 1. The molecule has 1 aliphatic rings. The summed E-state index contributed by atoms with van der Waals surface area (Å²) in [7, 11) is 1.62. The standard InChI is InChI=1S/C24H27N3O4/c1-31-19-7-8-20-21(14-19)26-22(25-20)12-18-15-27(10-9-17(18)13-24(29)30)23(28)11-16-5-3-2-4-6-16/h2-8,14,17-18H,9-13,15H2,1H3,(H,25,26)(H,29,30)/t17-,18-/m0/s1. The second-order valence-electron chi connectivity index (χ2n) is 8.18. The number of amides is 1. The number of aliphatic carboxylic acids is 1. The van der Waals surface area contributed by atoms with E-state index < -0.39 is 5.97 Å². The fourth-order valence-electron chi connectivity index (χ4n) is 4.43. The first-order chi connectivity index (χ1) is 15.0. The van der Waals surface area contributed by atoms with Gasteiger partial charge in [0.05, 0.1) is 24.6 Å². The lowest BCUT2D eigenvalue weighted by molar-refractivity contribution is -0.139. The van der Waals surface area contributed by atoms with Crippen LogP contribution in [-0.2, 0) is 22.4 Å². The van der Waals surface area contributed by atoms with Gasteiger partial charge >= 0.3 is 5.97 Å². The maximum Gasteiger partial charge on any atom is 0.303 e. The van der Waals surface area contributed by atoms with Crippen LogP contribution >= 0.6 is 0 Å². The van der Waals surface area contributed by atoms with E-state index in [9.17, 15) is 14.7 Å². The van der Waals surface area contributed by atoms with Gasteiger partial charge in [0.15, 0.2) is 0 Å². The third-order valence-electron chi connectivity index (χ3n) is 6.07. The number of ether oxygens (including phenoxy) is 1. The summed E-state index contributed by atoms with van der Waals surface area (Å²) < 4.78 is 5.27. The number of likely N-dealkylation sites (tertiary alicyclic amines) is 1. The number of carbonyl (C=O) groups is 2. The maximum atomic E-state index is 12.9. The van der Waals surface area contributed by atoms with E-state index in [0.29, 0.717) is 32.4 Å². The van der Waals surface area contributed by atoms with Crippen LogP contribution in [0.25, 0.3) is 11.0 Å². The average molecular weight is 421 g/mol. The van der Waals surface area contributed by atoms with Gasteiger partial charge in [0.2, 0.25) is 5.91 Å². The van der Waals surface area contributed by atoms with Crippen molar-refractivity contribution in [3.63, 3.8) is 0 Å². The first-order valence-electron chi connectivity index (χ1n) is 10.6. The Morgan fingerprint density at radius 3 is 2.74 bits per heavy atom. The molecule has 1 aliphatic heterocycles. The maximum absolute atomic E-state index is 12.9. The van der Waals surface area contributed by atoms with Crippen molar-refractivity contribution in [3.8, 4) is 5.75 Å². The van der Waals surface area contributed by atoms with Crippen LogP contribution in [0.2, 0.25) is 0 Å². The zero-order valence-corrected chi connectivity index (χ0v) is 17.6. The van der Waals surface area contributed by atoms with Crippen LogP contribution in [0.4, 0.5) is 0 Å². The quantitative estimate of drug-likeness (QED) is 0.610. The van der Waals surface area contributed by atoms with Gasteiger partial charge in [0, 0.05) is 32.0 Å². The van der Waals surface area contributed by atoms with Gasteiger partial charge in [-0.1, -0.05) is 30.3 Å². The van der Waals surface area contributed by atoms with Crippen LogP contribution in [-0.4, -0.2) is 52.1 Å². The van der Waals surface area contributed by atoms with E-state index in [2.05, 4.69) is 9.97 Å². The van der Waals surface area contributed by atoms with E-state index >= 15 is 0 Å². The van der Waals surface area contributed by atoms with Crippen LogP contribution in [0, 0.1) is 11.8 Å². The molecule has 0 unspecified atom stereocenters. The highest BCUT2D eigenvalue weighted by Crippen LogP contribution is 2.30. The fourth-order valence-corrected chi connectivity index (χ4v) is 4.43. The summed E-state index contributed by atoms with van der Waals surface area (Å²) in [5.74, 6) is 0.892. The summed E-state index contributed by atoms with van der Waals surface area (Å²) in [6, 6.07) is 15.4. The topological polar surface area (TPSA) is 95.5 Å². The number of rotatable bonds is 7. The van der Waals surface area contributed by atoms with Crippen LogP contribution in [0.15, 0.2) is 48.5 Å². The number of hydrogen-bond donors (Lipinski definition) is 2. The molecule has 0 aliphatic carbocycles. The minimum absolute atomic E-state index is 0.0148. The molecule has 0 bridgehead atoms. The van der Waals surface area contributed by atoms with Crippen molar-refractivity contribution in [1.82, 2.24) is 14.9 Å². The fraction of sp³-hybridized carbons (Fsp3) is 0.375. The van der Waals surface area contributed by atoms with Gasteiger partial charge in [0.1, 0.15) is 11.6 Å². The zero-order valence-electron chi connectivity index (χ0n) is 17.6. The van der Waals surface area contributed by atoms with E-state index in [4.69, 9.17) is 4.74 Å². The van der Waals surface area contributed by atoms with Crippen molar-refractivity contribution in [3.05, 3.63) is 59.9 Å². The van der Waals surface area contributed by atoms with Crippen molar-refractivity contribution in [2.24, 2.45) is 11.8 Å². The van der Waals surface area contributed by atoms with Crippen LogP contribution in [0.1, 0.15) is 24.2 Å². The van der Waals surface area contributed by atoms with Gasteiger partial charge in [-0.3, -0.25) is 9.59 Å². The average Bonchev–Trinajstić information content (AvgIpc) is 3.16. The highest BCUT2D eigenvalue weighted by molar-refractivity contribution is 5.79. The van der Waals surface area contributed by atoms with Crippen molar-refractivity contribution in [2.75, 3.05) is 20.2 Å². The molecule has 162 valence electrons. The van der Waals surface area contributed by atoms with Gasteiger partial charge in [-0.25, -0.2) is 4.98 Å². The number of aromatic amines is 1. The lowest BCUT2D eigenvalue weighted by Gasteiger charge is -2.38. The monoisotopic (exact) mass is 421 g/mol. The second kappa shape index (κ2) is 9.20. The molecule has 1 aromatic heterocycles. The Bertz CT molecular complexity index is 1060. The van der Waals surface area contributed by atoms with Gasteiger partial charge in [-0.15, -0.1) is 0 Å². The van der Waals surface area contributed by atoms with Crippen LogP contribution in [0.3, 0.4) is 0 Å². The van der Waals surface area contributed by atoms with Crippen LogP contribution < -0.4 is 4.74 Å². The van der Waals surface area contributed by atoms with Gasteiger partial charge < -0.3 is 19.7 Å². The number of piperidine rings is 1. The number of aromatic nitrogens is 2. The van der Waals surface area contributed by atoms with Gasteiger partial charge in [-0.05, 0) is 36.0 Å². The molecule has 31 heavy (non-hydrogen) atoms. The van der Waals surface area contributed by atoms with E-state index in [-0.39, 0.29) is 24.2 Å². The van der Waals surface area contributed by atoms with E-state index in [0.717, 1.165) is 28.2 Å². The molecule has 1 amide bonds. The van der Waals surface area contributed by atoms with Crippen LogP contribution in [0.5, 0.6) is 5.75 Å². The zero-order chi connectivity index (χ0) is 21.8. The third kappa shape index (κ3) is 5.05. The Morgan fingerprint density at radius 2 is 2.00 bits per heavy atom. The Labute approximate surface area is 181 Å². The SMILES string of the molecule is COc1ccc2nc(C[C@H]3CN(C(=O)Cc4ccccc4)CC[C@H]3CC(=O)O)[nH]c2c1. The van der Waals surface area contributed by atoms with E-state index in [1.165, 1.54) is 0 Å². The number of nitrogens with zero attached hydrogens (tertiary/aromatic N) is 2. The normalized spacial score (nSPS) is 18.8. The molecule has 1 saturated heterocycles. The smallest absolute Gasteiger partial charge is 0.303 e. The molecule has 2 aromatic carbocycles. The largest absolute Gasteiger partial charge is 0.497 e. The Kier molecular flexibility index (Phi) is 6.21. The molecule has 0 saturated carbocycles. The first-order valence-corrected chi connectivity index (χ1v) is 10.6. The third-order valence-corrected chi connectivity index (χ3v) is 6.07. The number of nitrogens with one attached hydrogen (secondary N) is 1. The van der Waals surface area contributed by atoms with Crippen molar-refractivity contribution in [1.29, 1.82) is 0 Å². The number of carboxylic acids is 1. The number of benzene rings is 2. The number of methoxy groups -OCH3 is 1. The van der Waals surface area contributed by atoms with Crippen molar-refractivity contribution >= 4 is 22.9 Å². The molecule has 1 fully saturated rings. The Morgan fingerprint density at radius 1 is 1.19 bits per heavy atom. The van der Waals surface area contributed by atoms with Gasteiger partial charge in [0.25, 0.3) is 0 Å². The highest BCUT2D eigenvalue weighted by Gasteiger charge is 2.33. The molecule has 2 N–H and O–H groups in total. The molecule has 2 atom stereocenters. The highest BCUT2D eigenvalue weighted by atomic mass is 16.5. The predicted octanol–water partition coefficient (Wildman–Crippen LogP) is 3.30. The van der Waals surface area contributed by atoms with E-state index in [1.54, 1.807) is 7.11 Å². The lowest BCUT2D eigenvalue weighted by atomic mass is 9.81. The number of hydrogen-bond acceptors (Lipinski definition) is 4. The summed E-state index contributed by atoms with van der Waals surface area (Å²) in [5, 5.41) is 9.37. The molecule has 7 heteroatoms. The minimum atomic E-state index is -0.798. The molecule has 2 heterocycles.